The molecule has 0 aliphatic rings. The topological polar surface area (TPSA) is 82.8 Å². The lowest BCUT2D eigenvalue weighted by atomic mass is 10.2. The normalized spacial score (nSPS) is 10.9. The summed E-state index contributed by atoms with van der Waals surface area (Å²) in [6.45, 7) is 0.851. The molecule has 0 saturated heterocycles. The molecule has 0 radical (unpaired) electrons. The number of halogens is 1. The molecular formula is C13H12ClN5O. The van der Waals surface area contributed by atoms with Crippen LogP contribution in [0.25, 0.3) is 11.5 Å². The standard InChI is InChI=1S/C13H12ClN5O/c14-10-3-1-2-9(4-10)13-16-12(8-20-13)7-19-6-11(5-15)17-18-19/h1-4,6,8H,5,7,15H2. The molecule has 20 heavy (non-hydrogen) atoms. The summed E-state index contributed by atoms with van der Waals surface area (Å²) in [6.07, 6.45) is 3.38. The van der Waals surface area contributed by atoms with Crippen LogP contribution in [0, 0.1) is 0 Å². The number of aromatic nitrogens is 4. The molecule has 0 spiro atoms. The Balaban J connectivity index is 1.80. The Bertz CT molecular complexity index is 721. The first-order valence-corrected chi connectivity index (χ1v) is 6.42. The lowest BCUT2D eigenvalue weighted by molar-refractivity contribution is 0.568. The fraction of sp³-hybridized carbons (Fsp3) is 0.154. The number of nitrogens with zero attached hydrogens (tertiary/aromatic N) is 4. The summed E-state index contributed by atoms with van der Waals surface area (Å²) < 4.78 is 7.12. The number of hydrogen-bond donors (Lipinski definition) is 1. The highest BCUT2D eigenvalue weighted by molar-refractivity contribution is 6.30. The van der Waals surface area contributed by atoms with Gasteiger partial charge in [0.2, 0.25) is 5.89 Å². The van der Waals surface area contributed by atoms with Gasteiger partial charge in [-0.25, -0.2) is 9.67 Å². The van der Waals surface area contributed by atoms with Crippen LogP contribution in [0.3, 0.4) is 0 Å². The van der Waals surface area contributed by atoms with E-state index in [1.807, 2.05) is 12.1 Å². The maximum absolute atomic E-state index is 5.95. The summed E-state index contributed by atoms with van der Waals surface area (Å²) in [4.78, 5) is 4.41. The monoisotopic (exact) mass is 289 g/mol. The molecule has 2 aromatic heterocycles. The molecule has 102 valence electrons. The Morgan fingerprint density at radius 2 is 2.20 bits per heavy atom. The highest BCUT2D eigenvalue weighted by atomic mass is 35.5. The van der Waals surface area contributed by atoms with E-state index >= 15 is 0 Å². The third kappa shape index (κ3) is 2.71. The van der Waals surface area contributed by atoms with Gasteiger partial charge in [0.15, 0.2) is 0 Å². The molecule has 2 heterocycles. The van der Waals surface area contributed by atoms with Crippen molar-refractivity contribution in [2.45, 2.75) is 13.1 Å². The van der Waals surface area contributed by atoms with Crippen LogP contribution in [0.5, 0.6) is 0 Å². The van der Waals surface area contributed by atoms with E-state index in [9.17, 15) is 0 Å². The number of oxazole rings is 1. The SMILES string of the molecule is NCc1cn(Cc2coc(-c3cccc(Cl)c3)n2)nn1. The van der Waals surface area contributed by atoms with Crippen LogP contribution in [0.1, 0.15) is 11.4 Å². The molecule has 7 heteroatoms. The Kier molecular flexibility index (Phi) is 3.49. The lowest BCUT2D eigenvalue weighted by Gasteiger charge is -1.96. The number of hydrogen-bond acceptors (Lipinski definition) is 5. The average Bonchev–Trinajstić information content (AvgIpc) is 3.08. The van der Waals surface area contributed by atoms with Gasteiger partial charge in [-0.1, -0.05) is 22.9 Å². The fourth-order valence-electron chi connectivity index (χ4n) is 1.81. The van der Waals surface area contributed by atoms with E-state index in [0.717, 1.165) is 17.0 Å². The first-order chi connectivity index (χ1) is 9.74. The van der Waals surface area contributed by atoms with Gasteiger partial charge >= 0.3 is 0 Å². The molecule has 0 bridgehead atoms. The highest BCUT2D eigenvalue weighted by Crippen LogP contribution is 2.22. The summed E-state index contributed by atoms with van der Waals surface area (Å²) in [7, 11) is 0. The van der Waals surface area contributed by atoms with Gasteiger partial charge in [-0.05, 0) is 18.2 Å². The van der Waals surface area contributed by atoms with Gasteiger partial charge in [-0.3, -0.25) is 0 Å². The summed E-state index contributed by atoms with van der Waals surface area (Å²) in [5.41, 5.74) is 7.82. The Hall–Kier alpha value is -2.18. The average molecular weight is 290 g/mol. The van der Waals surface area contributed by atoms with E-state index in [4.69, 9.17) is 21.8 Å². The zero-order valence-electron chi connectivity index (χ0n) is 10.5. The molecule has 1 aromatic carbocycles. The van der Waals surface area contributed by atoms with E-state index in [1.54, 1.807) is 29.3 Å². The van der Waals surface area contributed by atoms with Crippen LogP contribution in [-0.2, 0) is 13.1 Å². The summed E-state index contributed by atoms with van der Waals surface area (Å²) >= 11 is 5.95. The van der Waals surface area contributed by atoms with Gasteiger partial charge in [-0.15, -0.1) is 5.10 Å². The van der Waals surface area contributed by atoms with Gasteiger partial charge < -0.3 is 10.2 Å². The van der Waals surface area contributed by atoms with Gasteiger partial charge in [0.1, 0.15) is 12.0 Å². The molecule has 0 fully saturated rings. The van der Waals surface area contributed by atoms with Crippen LogP contribution in [0.4, 0.5) is 0 Å². The summed E-state index contributed by atoms with van der Waals surface area (Å²) in [6, 6.07) is 7.35. The van der Waals surface area contributed by atoms with Crippen LogP contribution < -0.4 is 5.73 Å². The third-order valence-electron chi connectivity index (χ3n) is 2.74. The summed E-state index contributed by atoms with van der Waals surface area (Å²) in [5.74, 6) is 0.529. The Labute approximate surface area is 120 Å². The van der Waals surface area contributed by atoms with Crippen molar-refractivity contribution < 1.29 is 4.42 Å². The third-order valence-corrected chi connectivity index (χ3v) is 2.98. The molecule has 0 atom stereocenters. The quantitative estimate of drug-likeness (QED) is 0.795. The molecule has 6 nitrogen and oxygen atoms in total. The van der Waals surface area contributed by atoms with E-state index in [-0.39, 0.29) is 0 Å². The van der Waals surface area contributed by atoms with Crippen molar-refractivity contribution in [1.29, 1.82) is 0 Å². The molecular weight excluding hydrogens is 278 g/mol. The Morgan fingerprint density at radius 1 is 1.30 bits per heavy atom. The van der Waals surface area contributed by atoms with E-state index < -0.39 is 0 Å². The van der Waals surface area contributed by atoms with Gasteiger partial charge in [0, 0.05) is 17.1 Å². The van der Waals surface area contributed by atoms with Gasteiger partial charge in [0.05, 0.1) is 18.4 Å². The minimum Gasteiger partial charge on any atom is -0.444 e. The predicted molar refractivity (Wildman–Crippen MR) is 74.0 cm³/mol. The van der Waals surface area contributed by atoms with Crippen molar-refractivity contribution in [3.05, 3.63) is 53.1 Å². The molecule has 0 unspecified atom stereocenters. The van der Waals surface area contributed by atoms with E-state index in [1.165, 1.54) is 0 Å². The smallest absolute Gasteiger partial charge is 0.226 e. The molecule has 2 N–H and O–H groups in total. The molecule has 3 aromatic rings. The highest BCUT2D eigenvalue weighted by Gasteiger charge is 2.08. The van der Waals surface area contributed by atoms with Gasteiger partial charge in [0.25, 0.3) is 0 Å². The van der Waals surface area contributed by atoms with Crippen LogP contribution >= 0.6 is 11.6 Å². The summed E-state index contributed by atoms with van der Waals surface area (Å²) in [5, 5.41) is 8.53. The first kappa shape index (κ1) is 12.8. The van der Waals surface area contributed by atoms with E-state index in [0.29, 0.717) is 24.0 Å². The largest absolute Gasteiger partial charge is 0.444 e. The number of nitrogens with two attached hydrogens (primary N) is 1. The number of rotatable bonds is 4. The maximum atomic E-state index is 5.95. The second kappa shape index (κ2) is 5.44. The van der Waals surface area contributed by atoms with Crippen LogP contribution in [0.15, 0.2) is 41.1 Å². The van der Waals surface area contributed by atoms with E-state index in [2.05, 4.69) is 15.3 Å². The minimum absolute atomic E-state index is 0.368. The molecule has 0 aliphatic heterocycles. The molecule has 0 amide bonds. The van der Waals surface area contributed by atoms with Gasteiger partial charge in [-0.2, -0.15) is 0 Å². The maximum Gasteiger partial charge on any atom is 0.226 e. The molecule has 3 rings (SSSR count). The second-order valence-electron chi connectivity index (χ2n) is 4.27. The van der Waals surface area contributed by atoms with Crippen LogP contribution in [0.2, 0.25) is 5.02 Å². The zero-order chi connectivity index (χ0) is 13.9. The van der Waals surface area contributed by atoms with Crippen molar-refractivity contribution in [3.8, 4) is 11.5 Å². The first-order valence-electron chi connectivity index (χ1n) is 6.04. The zero-order valence-corrected chi connectivity index (χ0v) is 11.3. The van der Waals surface area contributed by atoms with Crippen molar-refractivity contribution in [2.24, 2.45) is 5.73 Å². The minimum atomic E-state index is 0.368. The molecule has 0 saturated carbocycles. The number of benzene rings is 1. The predicted octanol–water partition coefficient (Wildman–Crippen LogP) is 2.09. The van der Waals surface area contributed by atoms with Crippen LogP contribution in [-0.4, -0.2) is 20.0 Å². The van der Waals surface area contributed by atoms with Crippen molar-refractivity contribution in [2.75, 3.05) is 0 Å². The van der Waals surface area contributed by atoms with Crippen molar-refractivity contribution >= 4 is 11.6 Å². The molecule has 0 aliphatic carbocycles. The Morgan fingerprint density at radius 3 is 2.95 bits per heavy atom. The lowest BCUT2D eigenvalue weighted by Crippen LogP contribution is -2.00. The van der Waals surface area contributed by atoms with Crippen molar-refractivity contribution in [1.82, 2.24) is 20.0 Å². The fourth-order valence-corrected chi connectivity index (χ4v) is 2.00. The second-order valence-corrected chi connectivity index (χ2v) is 4.70. The van der Waals surface area contributed by atoms with Crippen molar-refractivity contribution in [3.63, 3.8) is 0 Å².